The second-order valence-corrected chi connectivity index (χ2v) is 9.88. The largest absolute Gasteiger partial charge is 0.323 e. The molecule has 0 radical (unpaired) electrons. The second-order valence-electron chi connectivity index (χ2n) is 8.79. The van der Waals surface area contributed by atoms with Gasteiger partial charge in [-0.3, -0.25) is 0 Å². The number of anilines is 1. The van der Waals surface area contributed by atoms with E-state index in [1.54, 1.807) is 4.90 Å². The molecule has 7 heteroatoms. The maximum atomic E-state index is 14.4. The number of nitrogens with one attached hydrogen (secondary N) is 1. The Labute approximate surface area is 200 Å². The van der Waals surface area contributed by atoms with Gasteiger partial charge in [0.2, 0.25) is 0 Å². The number of amides is 2. The van der Waals surface area contributed by atoms with Crippen LogP contribution >= 0.6 is 11.3 Å². The predicted molar refractivity (Wildman–Crippen MR) is 129 cm³/mol. The minimum absolute atomic E-state index is 0.163. The van der Waals surface area contributed by atoms with Gasteiger partial charge < -0.3 is 14.8 Å². The van der Waals surface area contributed by atoms with Gasteiger partial charge in [0.05, 0.1) is 24.0 Å². The predicted octanol–water partition coefficient (Wildman–Crippen LogP) is 6.83. The molecule has 2 aromatic carbocycles. The number of carbonyl (C=O) groups is 1. The SMILES string of the molecule is O=C(Nc1cc(F)ccc1F)N1Cc2c(sc3c2CCCC3)-n2cccc2[C@H]1c1ccccc1. The summed E-state index contributed by atoms with van der Waals surface area (Å²) in [5, 5.41) is 3.79. The molecule has 2 aliphatic rings. The first-order valence-corrected chi connectivity index (χ1v) is 12.3. The highest BCUT2D eigenvalue weighted by Crippen LogP contribution is 2.44. The molecule has 0 spiro atoms. The maximum Gasteiger partial charge on any atom is 0.323 e. The molecule has 3 heterocycles. The summed E-state index contributed by atoms with van der Waals surface area (Å²) >= 11 is 1.81. The summed E-state index contributed by atoms with van der Waals surface area (Å²) < 4.78 is 30.4. The highest BCUT2D eigenvalue weighted by molar-refractivity contribution is 7.15. The number of thiophene rings is 1. The first-order chi connectivity index (χ1) is 16.6. The summed E-state index contributed by atoms with van der Waals surface area (Å²) in [5.41, 5.74) is 4.27. The van der Waals surface area contributed by atoms with Gasteiger partial charge in [-0.15, -0.1) is 11.3 Å². The van der Waals surface area contributed by atoms with Crippen LogP contribution in [0.15, 0.2) is 66.9 Å². The van der Waals surface area contributed by atoms with Crippen LogP contribution in [0.4, 0.5) is 19.3 Å². The molecule has 0 bridgehead atoms. The molecule has 172 valence electrons. The van der Waals surface area contributed by atoms with Crippen molar-refractivity contribution in [2.45, 2.75) is 38.3 Å². The van der Waals surface area contributed by atoms with E-state index in [1.807, 2.05) is 53.8 Å². The van der Waals surface area contributed by atoms with E-state index < -0.39 is 17.7 Å². The number of rotatable bonds is 2. The molecule has 0 saturated carbocycles. The first-order valence-electron chi connectivity index (χ1n) is 11.5. The van der Waals surface area contributed by atoms with E-state index in [0.29, 0.717) is 6.54 Å². The van der Waals surface area contributed by atoms with Gasteiger partial charge in [-0.2, -0.15) is 0 Å². The van der Waals surface area contributed by atoms with Crippen molar-refractivity contribution in [2.75, 3.05) is 5.32 Å². The number of aromatic nitrogens is 1. The second kappa shape index (κ2) is 8.40. The Bertz CT molecular complexity index is 1380. The lowest BCUT2D eigenvalue weighted by molar-refractivity contribution is 0.194. The van der Waals surface area contributed by atoms with Crippen LogP contribution in [-0.4, -0.2) is 15.5 Å². The third-order valence-electron chi connectivity index (χ3n) is 6.73. The van der Waals surface area contributed by atoms with Crippen LogP contribution in [0.2, 0.25) is 0 Å². The molecule has 34 heavy (non-hydrogen) atoms. The molecular weight excluding hydrogens is 452 g/mol. The fourth-order valence-electron chi connectivity index (χ4n) is 5.15. The Morgan fingerprint density at radius 3 is 2.65 bits per heavy atom. The number of hydrogen-bond acceptors (Lipinski definition) is 2. The number of fused-ring (bicyclic) bond motifs is 5. The molecule has 0 fully saturated rings. The van der Waals surface area contributed by atoms with Crippen molar-refractivity contribution in [1.29, 1.82) is 0 Å². The van der Waals surface area contributed by atoms with Crippen LogP contribution < -0.4 is 5.32 Å². The number of carbonyl (C=O) groups excluding carboxylic acids is 1. The van der Waals surface area contributed by atoms with Gasteiger partial charge in [-0.1, -0.05) is 30.3 Å². The van der Waals surface area contributed by atoms with Gasteiger partial charge >= 0.3 is 6.03 Å². The normalized spacial score (nSPS) is 16.9. The van der Waals surface area contributed by atoms with Gasteiger partial charge in [0, 0.05) is 22.7 Å². The van der Waals surface area contributed by atoms with Gasteiger partial charge in [-0.25, -0.2) is 13.6 Å². The molecular formula is C27H23F2N3OS. The summed E-state index contributed by atoms with van der Waals surface area (Å²) in [5.74, 6) is -1.27. The molecule has 2 aromatic heterocycles. The highest BCUT2D eigenvalue weighted by Gasteiger charge is 2.36. The van der Waals surface area contributed by atoms with Crippen molar-refractivity contribution >= 4 is 23.1 Å². The smallest absolute Gasteiger partial charge is 0.310 e. The van der Waals surface area contributed by atoms with Crippen LogP contribution in [0, 0.1) is 11.6 Å². The van der Waals surface area contributed by atoms with E-state index >= 15 is 0 Å². The molecule has 0 unspecified atom stereocenters. The summed E-state index contributed by atoms with van der Waals surface area (Å²) in [6.07, 6.45) is 6.44. The number of nitrogens with zero attached hydrogens (tertiary/aromatic N) is 2. The highest BCUT2D eigenvalue weighted by atomic mass is 32.1. The van der Waals surface area contributed by atoms with Crippen LogP contribution in [-0.2, 0) is 19.4 Å². The monoisotopic (exact) mass is 475 g/mol. The quantitative estimate of drug-likeness (QED) is 0.339. The Kier molecular flexibility index (Phi) is 5.21. The van der Waals surface area contributed by atoms with Gasteiger partial charge in [0.15, 0.2) is 0 Å². The lowest BCUT2D eigenvalue weighted by Crippen LogP contribution is -2.38. The van der Waals surface area contributed by atoms with Crippen molar-refractivity contribution in [3.63, 3.8) is 0 Å². The number of halogens is 2. The average Bonchev–Trinajstić information content (AvgIpc) is 3.44. The zero-order valence-corrected chi connectivity index (χ0v) is 19.2. The van der Waals surface area contributed by atoms with E-state index in [1.165, 1.54) is 16.9 Å². The van der Waals surface area contributed by atoms with E-state index in [2.05, 4.69) is 16.1 Å². The first kappa shape index (κ1) is 21.1. The molecule has 1 aliphatic heterocycles. The summed E-state index contributed by atoms with van der Waals surface area (Å²) in [7, 11) is 0. The van der Waals surface area contributed by atoms with Crippen molar-refractivity contribution in [3.8, 4) is 5.00 Å². The van der Waals surface area contributed by atoms with Crippen LogP contribution in [0.5, 0.6) is 0 Å². The van der Waals surface area contributed by atoms with E-state index in [0.717, 1.165) is 59.3 Å². The Morgan fingerprint density at radius 2 is 1.79 bits per heavy atom. The molecule has 4 nitrogen and oxygen atoms in total. The van der Waals surface area contributed by atoms with Crippen molar-refractivity contribution in [3.05, 3.63) is 106 Å². The third kappa shape index (κ3) is 3.51. The molecule has 1 atom stereocenters. The molecule has 1 aliphatic carbocycles. The summed E-state index contributed by atoms with van der Waals surface area (Å²) in [6, 6.07) is 16.1. The number of hydrogen-bond donors (Lipinski definition) is 1. The van der Waals surface area contributed by atoms with Crippen LogP contribution in [0.25, 0.3) is 5.00 Å². The topological polar surface area (TPSA) is 37.3 Å². The molecule has 1 N–H and O–H groups in total. The lowest BCUT2D eigenvalue weighted by atomic mass is 9.95. The number of urea groups is 1. The average molecular weight is 476 g/mol. The standard InChI is InChI=1S/C27H23F2N3OS/c28-18-12-13-21(29)22(15-18)30-27(33)32-16-20-19-9-4-5-11-24(19)34-26(20)31-14-6-10-23(31)25(32)17-7-2-1-3-8-17/h1-3,6-8,10,12-15,25H,4-5,9,11,16H2,(H,30,33)/t25-/m1/s1. The zero-order chi connectivity index (χ0) is 23.2. The zero-order valence-electron chi connectivity index (χ0n) is 18.4. The number of aryl methyl sites for hydroxylation is 1. The maximum absolute atomic E-state index is 14.4. The lowest BCUT2D eigenvalue weighted by Gasteiger charge is -2.31. The van der Waals surface area contributed by atoms with Crippen molar-refractivity contribution in [1.82, 2.24) is 9.47 Å². The minimum Gasteiger partial charge on any atom is -0.310 e. The van der Waals surface area contributed by atoms with Crippen molar-refractivity contribution in [2.24, 2.45) is 0 Å². The van der Waals surface area contributed by atoms with E-state index in [9.17, 15) is 13.6 Å². The third-order valence-corrected chi connectivity index (χ3v) is 8.06. The molecule has 4 aromatic rings. The van der Waals surface area contributed by atoms with Gasteiger partial charge in [0.1, 0.15) is 16.6 Å². The van der Waals surface area contributed by atoms with Gasteiger partial charge in [-0.05, 0) is 61.1 Å². The Morgan fingerprint density at radius 1 is 0.971 bits per heavy atom. The molecule has 2 amide bonds. The van der Waals surface area contributed by atoms with E-state index in [-0.39, 0.29) is 11.7 Å². The molecule has 0 saturated heterocycles. The van der Waals surface area contributed by atoms with Crippen LogP contribution in [0.1, 0.15) is 46.1 Å². The van der Waals surface area contributed by atoms with Gasteiger partial charge in [0.25, 0.3) is 0 Å². The Hall–Kier alpha value is -3.45. The van der Waals surface area contributed by atoms with E-state index in [4.69, 9.17) is 0 Å². The summed E-state index contributed by atoms with van der Waals surface area (Å²) in [6.45, 7) is 0.394. The van der Waals surface area contributed by atoms with Crippen molar-refractivity contribution < 1.29 is 13.6 Å². The fourth-order valence-corrected chi connectivity index (χ4v) is 6.56. The number of benzene rings is 2. The minimum atomic E-state index is -0.669. The molecule has 6 rings (SSSR count). The van der Waals surface area contributed by atoms with Crippen LogP contribution in [0.3, 0.4) is 0 Å². The summed E-state index contributed by atoms with van der Waals surface area (Å²) in [4.78, 5) is 16.9. The Balaban J connectivity index is 1.50. The fraction of sp³-hybridized carbons (Fsp3) is 0.222.